The van der Waals surface area contributed by atoms with Crippen molar-refractivity contribution >= 4 is 17.7 Å². The number of carbonyl (C=O) groups is 1. The minimum Gasteiger partial charge on any atom is -0.481 e. The Balaban J connectivity index is 1.52. The number of hydrogen-bond donors (Lipinski definition) is 1. The Morgan fingerprint density at radius 1 is 0.875 bits per heavy atom. The topological polar surface area (TPSA) is 100 Å². The van der Waals surface area contributed by atoms with Crippen LogP contribution in [0.2, 0.25) is 0 Å². The van der Waals surface area contributed by atoms with Crippen LogP contribution in [-0.4, -0.2) is 48.9 Å². The summed E-state index contributed by atoms with van der Waals surface area (Å²) in [5, 5.41) is 20.8. The van der Waals surface area contributed by atoms with Crippen molar-refractivity contribution in [3.05, 3.63) is 58.3 Å². The molecule has 1 N–H and O–H groups in total. The summed E-state index contributed by atoms with van der Waals surface area (Å²) in [5.74, 6) is -0.747. The Labute approximate surface area is 268 Å². The molecule has 0 spiro atoms. The second-order valence-electron chi connectivity index (χ2n) is 12.3. The van der Waals surface area contributed by atoms with Gasteiger partial charge in [-0.15, -0.1) is 5.10 Å². The summed E-state index contributed by atoms with van der Waals surface area (Å²) >= 11 is 0. The summed E-state index contributed by atoms with van der Waals surface area (Å²) < 4.78 is 124. The molecule has 0 bridgehead atoms. The molecule has 1 aromatic carbocycles. The lowest BCUT2D eigenvalue weighted by molar-refractivity contribution is -0.143. The van der Waals surface area contributed by atoms with E-state index in [1.807, 2.05) is 4.90 Å². The van der Waals surface area contributed by atoms with E-state index in [2.05, 4.69) is 20.4 Å². The predicted molar refractivity (Wildman–Crippen MR) is 152 cm³/mol. The lowest BCUT2D eigenvalue weighted by atomic mass is 9.76. The summed E-state index contributed by atoms with van der Waals surface area (Å²) in [6, 6.07) is 1.84. The number of rotatable bonds is 9. The van der Waals surface area contributed by atoms with E-state index in [4.69, 9.17) is 0 Å². The number of tetrazole rings is 1. The maximum Gasteiger partial charge on any atom is 0.417 e. The van der Waals surface area contributed by atoms with Crippen LogP contribution in [-0.2, 0) is 43.5 Å². The molecular formula is C30H32F9N7O2. The smallest absolute Gasteiger partial charge is 0.417 e. The van der Waals surface area contributed by atoms with E-state index in [1.165, 1.54) is 7.05 Å². The van der Waals surface area contributed by atoms with Crippen molar-refractivity contribution in [2.24, 2.45) is 18.9 Å². The van der Waals surface area contributed by atoms with E-state index >= 15 is 0 Å². The van der Waals surface area contributed by atoms with Gasteiger partial charge in [-0.3, -0.25) is 4.79 Å². The summed E-state index contributed by atoms with van der Waals surface area (Å²) in [6.07, 6.45) is -10.00. The van der Waals surface area contributed by atoms with E-state index in [1.54, 1.807) is 0 Å². The molecule has 262 valence electrons. The SMILES string of the molecule is Cn1nnc(N(Cc2cc(C(F)(F)F)cc(C(F)(F)F)c2)Cc2cc(C(F)(F)F)cnc2N2CCC[C@@H]2[C@H]2CC[C@H](CC(=O)O)CC2)n1. The number of nitrogens with zero attached hydrogens (tertiary/aromatic N) is 7. The second-order valence-corrected chi connectivity index (χ2v) is 12.3. The third kappa shape index (κ3) is 8.29. The molecule has 2 aromatic heterocycles. The zero-order valence-corrected chi connectivity index (χ0v) is 25.6. The van der Waals surface area contributed by atoms with Crippen LogP contribution < -0.4 is 9.80 Å². The third-order valence-electron chi connectivity index (χ3n) is 8.90. The number of carboxylic acid groups (broad SMARTS) is 1. The largest absolute Gasteiger partial charge is 0.481 e. The van der Waals surface area contributed by atoms with Gasteiger partial charge in [0.2, 0.25) is 0 Å². The molecule has 18 heteroatoms. The summed E-state index contributed by atoms with van der Waals surface area (Å²) in [7, 11) is 1.37. The Kier molecular flexibility index (Phi) is 9.83. The number of anilines is 2. The van der Waals surface area contributed by atoms with Crippen LogP contribution in [0, 0.1) is 11.8 Å². The normalized spacial score (nSPS) is 20.7. The Morgan fingerprint density at radius 3 is 2.04 bits per heavy atom. The number of benzene rings is 1. The van der Waals surface area contributed by atoms with E-state index in [9.17, 15) is 49.4 Å². The van der Waals surface area contributed by atoms with Gasteiger partial charge in [-0.25, -0.2) is 4.98 Å². The quantitative estimate of drug-likeness (QED) is 0.237. The molecule has 5 rings (SSSR count). The van der Waals surface area contributed by atoms with E-state index in [-0.39, 0.29) is 47.7 Å². The highest BCUT2D eigenvalue weighted by Gasteiger charge is 2.39. The molecule has 1 saturated carbocycles. The number of carboxylic acids is 1. The van der Waals surface area contributed by atoms with Crippen molar-refractivity contribution in [1.29, 1.82) is 0 Å². The average molecular weight is 694 g/mol. The molecular weight excluding hydrogens is 661 g/mol. The Morgan fingerprint density at radius 2 is 1.50 bits per heavy atom. The van der Waals surface area contributed by atoms with Crippen molar-refractivity contribution in [3.8, 4) is 0 Å². The van der Waals surface area contributed by atoms with Gasteiger partial charge in [0, 0.05) is 43.9 Å². The highest BCUT2D eigenvalue weighted by molar-refractivity contribution is 5.67. The molecule has 1 saturated heterocycles. The monoisotopic (exact) mass is 693 g/mol. The minimum absolute atomic E-state index is 0.00804. The number of aliphatic carboxylic acids is 1. The fraction of sp³-hybridized carbons (Fsp3) is 0.567. The number of aromatic nitrogens is 5. The van der Waals surface area contributed by atoms with E-state index < -0.39 is 59.8 Å². The van der Waals surface area contributed by atoms with E-state index in [0.717, 1.165) is 35.0 Å². The highest BCUT2D eigenvalue weighted by atomic mass is 19.4. The van der Waals surface area contributed by atoms with Gasteiger partial charge in [-0.05, 0) is 85.4 Å². The lowest BCUT2D eigenvalue weighted by Gasteiger charge is -2.38. The summed E-state index contributed by atoms with van der Waals surface area (Å²) in [6.45, 7) is -0.632. The van der Waals surface area contributed by atoms with Crippen LogP contribution in [0.4, 0.5) is 51.3 Å². The Bertz CT molecular complexity index is 1570. The summed E-state index contributed by atoms with van der Waals surface area (Å²) in [4.78, 5) is 19.5. The molecule has 2 aliphatic rings. The fourth-order valence-corrected chi connectivity index (χ4v) is 6.74. The van der Waals surface area contributed by atoms with Crippen LogP contribution in [0.3, 0.4) is 0 Å². The maximum absolute atomic E-state index is 13.9. The molecule has 9 nitrogen and oxygen atoms in total. The molecule has 48 heavy (non-hydrogen) atoms. The van der Waals surface area contributed by atoms with Gasteiger partial charge in [0.05, 0.1) is 23.7 Å². The van der Waals surface area contributed by atoms with Crippen LogP contribution in [0.5, 0.6) is 0 Å². The zero-order valence-electron chi connectivity index (χ0n) is 25.6. The van der Waals surface area contributed by atoms with Gasteiger partial charge < -0.3 is 14.9 Å². The van der Waals surface area contributed by atoms with Crippen LogP contribution in [0.1, 0.15) is 72.8 Å². The predicted octanol–water partition coefficient (Wildman–Crippen LogP) is 7.12. The number of hydrogen-bond acceptors (Lipinski definition) is 7. The number of aryl methyl sites for hydroxylation is 1. The van der Waals surface area contributed by atoms with Crippen molar-refractivity contribution in [2.45, 2.75) is 82.6 Å². The standard InChI is InChI=1S/C30H32F9N7O2/c1-44-42-27(41-43-44)45(15-18-9-21(28(31,32)33)13-22(10-18)29(34,35)36)16-20-12-23(30(37,38)39)14-40-26(20)46-8-2-3-24(46)19-6-4-17(5-7-19)11-25(47)48/h9-10,12-14,17,19,24H,2-8,11,15-16H2,1H3,(H,47,48)/t17-,19-,24-/m1/s1. The van der Waals surface area contributed by atoms with E-state index in [0.29, 0.717) is 44.1 Å². The van der Waals surface area contributed by atoms with Gasteiger partial charge >= 0.3 is 24.5 Å². The molecule has 2 fully saturated rings. The first-order valence-electron chi connectivity index (χ1n) is 15.2. The van der Waals surface area contributed by atoms with Crippen molar-refractivity contribution < 1.29 is 49.4 Å². The molecule has 1 aliphatic heterocycles. The average Bonchev–Trinajstić information content (AvgIpc) is 3.65. The number of halogens is 9. The molecule has 3 aromatic rings. The third-order valence-corrected chi connectivity index (χ3v) is 8.90. The molecule has 1 aliphatic carbocycles. The highest BCUT2D eigenvalue weighted by Crippen LogP contribution is 2.42. The molecule has 3 heterocycles. The first kappa shape index (κ1) is 35.2. The van der Waals surface area contributed by atoms with Gasteiger partial charge in [0.15, 0.2) is 0 Å². The second kappa shape index (κ2) is 13.4. The van der Waals surface area contributed by atoms with Crippen LogP contribution in [0.25, 0.3) is 0 Å². The minimum atomic E-state index is -5.11. The zero-order chi connectivity index (χ0) is 35.0. The molecule has 0 radical (unpaired) electrons. The summed E-state index contributed by atoms with van der Waals surface area (Å²) in [5.41, 5.74) is -4.58. The molecule has 0 unspecified atom stereocenters. The number of pyridine rings is 1. The lowest BCUT2D eigenvalue weighted by Crippen LogP contribution is -2.39. The van der Waals surface area contributed by atoms with Gasteiger partial charge in [0.1, 0.15) is 5.82 Å². The van der Waals surface area contributed by atoms with Gasteiger partial charge in [0.25, 0.3) is 5.95 Å². The molecule has 1 atom stereocenters. The van der Waals surface area contributed by atoms with Crippen molar-refractivity contribution in [2.75, 3.05) is 16.3 Å². The first-order chi connectivity index (χ1) is 22.4. The van der Waals surface area contributed by atoms with Crippen molar-refractivity contribution in [3.63, 3.8) is 0 Å². The van der Waals surface area contributed by atoms with Crippen LogP contribution in [0.15, 0.2) is 30.5 Å². The molecule has 0 amide bonds. The Hall–Kier alpha value is -4.12. The van der Waals surface area contributed by atoms with Gasteiger partial charge in [-0.2, -0.15) is 44.3 Å². The fourth-order valence-electron chi connectivity index (χ4n) is 6.74. The maximum atomic E-state index is 13.9. The van der Waals surface area contributed by atoms with Crippen LogP contribution >= 0.6 is 0 Å². The van der Waals surface area contributed by atoms with Gasteiger partial charge in [-0.1, -0.05) is 5.10 Å². The first-order valence-corrected chi connectivity index (χ1v) is 15.2. The van der Waals surface area contributed by atoms with Crippen molar-refractivity contribution in [1.82, 2.24) is 25.2 Å². The number of alkyl halides is 9.